The molecular formula is C23H24N2O5. The Balaban J connectivity index is 1.49. The molecule has 2 aromatic carbocycles. The molecule has 7 nitrogen and oxygen atoms in total. The van der Waals surface area contributed by atoms with Crippen LogP contribution < -0.4 is 9.47 Å². The molecule has 0 heterocycles. The number of benzene rings is 2. The van der Waals surface area contributed by atoms with Gasteiger partial charge in [-0.15, -0.1) is 0 Å². The minimum atomic E-state index is -0.996. The molecule has 0 spiro atoms. The van der Waals surface area contributed by atoms with Gasteiger partial charge in [0.05, 0.1) is 24.1 Å². The summed E-state index contributed by atoms with van der Waals surface area (Å²) >= 11 is 0. The zero-order chi connectivity index (χ0) is 21.3. The van der Waals surface area contributed by atoms with Gasteiger partial charge in [0.15, 0.2) is 0 Å². The fraction of sp³-hybridized carbons (Fsp3) is 0.348. The highest BCUT2D eigenvalue weighted by atomic mass is 16.6. The molecule has 3 rings (SSSR count). The van der Waals surface area contributed by atoms with Crippen LogP contribution in [0.15, 0.2) is 53.7 Å². The zero-order valence-corrected chi connectivity index (χ0v) is 16.8. The van der Waals surface area contributed by atoms with E-state index in [-0.39, 0.29) is 6.42 Å². The average molecular weight is 408 g/mol. The van der Waals surface area contributed by atoms with Crippen molar-refractivity contribution in [1.29, 1.82) is 5.26 Å². The Morgan fingerprint density at radius 3 is 2.33 bits per heavy atom. The number of ether oxygens (including phenoxy) is 2. The van der Waals surface area contributed by atoms with E-state index < -0.39 is 11.9 Å². The van der Waals surface area contributed by atoms with Crippen molar-refractivity contribution in [3.8, 4) is 17.6 Å². The smallest absolute Gasteiger partial charge is 0.305 e. The zero-order valence-electron chi connectivity index (χ0n) is 16.8. The third-order valence-electron chi connectivity index (χ3n) is 4.79. The topological polar surface area (TPSA) is 101 Å². The molecule has 1 saturated carbocycles. The van der Waals surface area contributed by atoms with E-state index in [1.807, 2.05) is 30.3 Å². The van der Waals surface area contributed by atoms with Gasteiger partial charge < -0.3 is 19.4 Å². The van der Waals surface area contributed by atoms with Crippen LogP contribution in [-0.2, 0) is 16.2 Å². The number of carboxylic acid groups (broad SMARTS) is 1. The monoisotopic (exact) mass is 408 g/mol. The Labute approximate surface area is 175 Å². The molecule has 1 unspecified atom stereocenters. The van der Waals surface area contributed by atoms with Crippen molar-refractivity contribution in [2.75, 3.05) is 13.7 Å². The van der Waals surface area contributed by atoms with Gasteiger partial charge in [0.1, 0.15) is 31.8 Å². The van der Waals surface area contributed by atoms with Gasteiger partial charge in [-0.25, -0.2) is 0 Å². The number of nitriles is 1. The number of aliphatic carboxylic acids is 1. The number of rotatable bonds is 11. The predicted molar refractivity (Wildman–Crippen MR) is 110 cm³/mol. The normalized spacial score (nSPS) is 14.5. The molecule has 0 amide bonds. The summed E-state index contributed by atoms with van der Waals surface area (Å²) in [5.41, 5.74) is 2.59. The third kappa shape index (κ3) is 6.24. The Kier molecular flexibility index (Phi) is 7.28. The molecule has 1 aliphatic rings. The fourth-order valence-corrected chi connectivity index (χ4v) is 2.97. The van der Waals surface area contributed by atoms with Gasteiger partial charge in [-0.2, -0.15) is 5.26 Å². The largest absolute Gasteiger partial charge is 0.489 e. The summed E-state index contributed by atoms with van der Waals surface area (Å²) < 4.78 is 11.6. The second kappa shape index (κ2) is 10.3. The fourth-order valence-electron chi connectivity index (χ4n) is 2.97. The molecule has 1 fully saturated rings. The number of oxime groups is 1. The maximum absolute atomic E-state index is 10.8. The first-order valence-electron chi connectivity index (χ1n) is 9.75. The lowest BCUT2D eigenvalue weighted by Gasteiger charge is -2.11. The van der Waals surface area contributed by atoms with Gasteiger partial charge in [0.25, 0.3) is 0 Å². The van der Waals surface area contributed by atoms with Crippen LogP contribution in [0.25, 0.3) is 0 Å². The molecule has 1 atom stereocenters. The molecule has 2 aromatic rings. The molecular weight excluding hydrogens is 384 g/mol. The second-order valence-electron chi connectivity index (χ2n) is 7.11. The van der Waals surface area contributed by atoms with E-state index in [0.717, 1.165) is 29.9 Å². The summed E-state index contributed by atoms with van der Waals surface area (Å²) in [6, 6.07) is 16.6. The van der Waals surface area contributed by atoms with Gasteiger partial charge in [0, 0.05) is 5.92 Å². The van der Waals surface area contributed by atoms with Crippen LogP contribution >= 0.6 is 0 Å². The van der Waals surface area contributed by atoms with Gasteiger partial charge in [0.2, 0.25) is 0 Å². The van der Waals surface area contributed by atoms with E-state index in [2.05, 4.69) is 5.16 Å². The van der Waals surface area contributed by atoms with Crippen molar-refractivity contribution < 1.29 is 24.2 Å². The SMILES string of the molecule is CO/N=C(/COc1ccc(COc2ccc(C(C#N)CC(=O)O)cc2)cc1)C1CC1. The molecule has 0 radical (unpaired) electrons. The van der Waals surface area contributed by atoms with Crippen LogP contribution in [0, 0.1) is 17.2 Å². The van der Waals surface area contributed by atoms with E-state index in [1.165, 1.54) is 0 Å². The Morgan fingerprint density at radius 2 is 1.77 bits per heavy atom. The van der Waals surface area contributed by atoms with E-state index >= 15 is 0 Å². The summed E-state index contributed by atoms with van der Waals surface area (Å²) in [4.78, 5) is 15.7. The van der Waals surface area contributed by atoms with Gasteiger partial charge in [-0.05, 0) is 48.2 Å². The minimum Gasteiger partial charge on any atom is -0.489 e. The number of carbonyl (C=O) groups is 1. The first-order valence-corrected chi connectivity index (χ1v) is 9.75. The van der Waals surface area contributed by atoms with E-state index in [4.69, 9.17) is 24.7 Å². The van der Waals surface area contributed by atoms with Crippen LogP contribution in [0.2, 0.25) is 0 Å². The first-order chi connectivity index (χ1) is 14.6. The summed E-state index contributed by atoms with van der Waals surface area (Å²) in [5.74, 6) is 0.226. The number of hydrogen-bond acceptors (Lipinski definition) is 6. The average Bonchev–Trinajstić information content (AvgIpc) is 3.60. The minimum absolute atomic E-state index is 0.218. The quantitative estimate of drug-likeness (QED) is 0.443. The molecule has 1 N–H and O–H groups in total. The van der Waals surface area contributed by atoms with Crippen LogP contribution in [0.5, 0.6) is 11.5 Å². The summed E-state index contributed by atoms with van der Waals surface area (Å²) in [6.45, 7) is 0.807. The predicted octanol–water partition coefficient (Wildman–Crippen LogP) is 4.14. The Hall–Kier alpha value is -3.53. The summed E-state index contributed by atoms with van der Waals surface area (Å²) in [5, 5.41) is 22.0. The molecule has 30 heavy (non-hydrogen) atoms. The lowest BCUT2D eigenvalue weighted by Crippen LogP contribution is -2.14. The van der Waals surface area contributed by atoms with Crippen LogP contribution in [-0.4, -0.2) is 30.5 Å². The van der Waals surface area contributed by atoms with Crippen LogP contribution in [0.4, 0.5) is 0 Å². The molecule has 1 aliphatic carbocycles. The molecule has 0 bridgehead atoms. The highest BCUT2D eigenvalue weighted by molar-refractivity contribution is 5.89. The Morgan fingerprint density at radius 1 is 1.13 bits per heavy atom. The highest BCUT2D eigenvalue weighted by Gasteiger charge is 2.28. The van der Waals surface area contributed by atoms with E-state index in [9.17, 15) is 4.79 Å². The highest BCUT2D eigenvalue weighted by Crippen LogP contribution is 2.31. The van der Waals surface area contributed by atoms with Gasteiger partial charge in [-0.3, -0.25) is 4.79 Å². The summed E-state index contributed by atoms with van der Waals surface area (Å²) in [7, 11) is 1.54. The van der Waals surface area contributed by atoms with Crippen molar-refractivity contribution in [3.63, 3.8) is 0 Å². The second-order valence-corrected chi connectivity index (χ2v) is 7.11. The van der Waals surface area contributed by atoms with Crippen molar-refractivity contribution in [2.24, 2.45) is 11.1 Å². The number of nitrogens with zero attached hydrogens (tertiary/aromatic N) is 2. The lowest BCUT2D eigenvalue weighted by molar-refractivity contribution is -0.137. The molecule has 0 aromatic heterocycles. The molecule has 0 saturated heterocycles. The number of carboxylic acids is 1. The molecule has 0 aliphatic heterocycles. The van der Waals surface area contributed by atoms with Crippen molar-refractivity contribution in [3.05, 3.63) is 59.7 Å². The van der Waals surface area contributed by atoms with E-state index in [0.29, 0.717) is 30.4 Å². The van der Waals surface area contributed by atoms with Gasteiger partial charge in [-0.1, -0.05) is 29.4 Å². The van der Waals surface area contributed by atoms with Crippen molar-refractivity contribution >= 4 is 11.7 Å². The van der Waals surface area contributed by atoms with Crippen molar-refractivity contribution in [1.82, 2.24) is 0 Å². The lowest BCUT2D eigenvalue weighted by atomic mass is 9.97. The van der Waals surface area contributed by atoms with Crippen molar-refractivity contribution in [2.45, 2.75) is 31.8 Å². The molecule has 156 valence electrons. The number of hydrogen-bond donors (Lipinski definition) is 1. The third-order valence-corrected chi connectivity index (χ3v) is 4.79. The first kappa shape index (κ1) is 21.2. The summed E-state index contributed by atoms with van der Waals surface area (Å²) in [6.07, 6.45) is 2.06. The van der Waals surface area contributed by atoms with E-state index in [1.54, 1.807) is 31.4 Å². The Bertz CT molecular complexity index is 912. The van der Waals surface area contributed by atoms with Crippen LogP contribution in [0.3, 0.4) is 0 Å². The standard InChI is InChI=1S/C23H24N2O5/c1-28-25-22(18-4-5-18)15-30-20-8-2-16(3-9-20)14-29-21-10-6-17(7-11-21)19(13-24)12-23(26)27/h2-3,6-11,18-19H,4-5,12,14-15H2,1H3,(H,26,27)/b25-22-. The maximum Gasteiger partial charge on any atom is 0.305 e. The van der Waals surface area contributed by atoms with Crippen LogP contribution in [0.1, 0.15) is 36.3 Å². The van der Waals surface area contributed by atoms with Gasteiger partial charge >= 0.3 is 5.97 Å². The molecule has 7 heteroatoms. The maximum atomic E-state index is 10.8.